The average molecular weight is 544 g/mol. The van der Waals surface area contributed by atoms with E-state index in [9.17, 15) is 14.0 Å². The lowest BCUT2D eigenvalue weighted by molar-refractivity contribution is -0.851. The molecule has 1 saturated heterocycles. The molecule has 0 spiro atoms. The summed E-state index contributed by atoms with van der Waals surface area (Å²) < 4.78 is 31.1. The maximum absolute atomic E-state index is 14.9. The number of rotatable bonds is 11. The number of esters is 1. The summed E-state index contributed by atoms with van der Waals surface area (Å²) in [7, 11) is 0. The summed E-state index contributed by atoms with van der Waals surface area (Å²) >= 11 is 0. The monoisotopic (exact) mass is 543 g/mol. The van der Waals surface area contributed by atoms with Gasteiger partial charge in [0.15, 0.2) is 17.4 Å². The van der Waals surface area contributed by atoms with Gasteiger partial charge in [0.05, 0.1) is 32.7 Å². The lowest BCUT2D eigenvalue weighted by Crippen LogP contribution is -3.08. The van der Waals surface area contributed by atoms with Gasteiger partial charge in [-0.25, -0.2) is 4.39 Å². The number of aromatic nitrogens is 2. The fourth-order valence-corrected chi connectivity index (χ4v) is 5.04. The Labute approximate surface area is 229 Å². The zero-order valence-electron chi connectivity index (χ0n) is 23.1. The van der Waals surface area contributed by atoms with Gasteiger partial charge < -0.3 is 14.8 Å². The van der Waals surface area contributed by atoms with Gasteiger partial charge in [0.1, 0.15) is 0 Å². The first-order valence-corrected chi connectivity index (χ1v) is 14.1. The number of amides is 1. The fourth-order valence-electron chi connectivity index (χ4n) is 5.04. The Morgan fingerprint density at radius 2 is 2.03 bits per heavy atom. The lowest BCUT2D eigenvalue weighted by atomic mass is 9.86. The highest BCUT2D eigenvalue weighted by atomic mass is 19.1. The number of hydrogen-bond donors (Lipinski definition) is 2. The molecule has 2 aliphatic rings. The molecule has 1 aliphatic heterocycles. The first kappa shape index (κ1) is 28.7. The van der Waals surface area contributed by atoms with Crippen LogP contribution in [0.4, 0.5) is 10.4 Å². The van der Waals surface area contributed by atoms with Crippen LogP contribution in [0.3, 0.4) is 0 Å². The van der Waals surface area contributed by atoms with Crippen LogP contribution in [-0.4, -0.2) is 54.9 Å². The predicted molar refractivity (Wildman–Crippen MR) is 143 cm³/mol. The number of nitrogens with one attached hydrogen (secondary N) is 2. The van der Waals surface area contributed by atoms with Crippen LogP contribution >= 0.6 is 0 Å². The van der Waals surface area contributed by atoms with E-state index < -0.39 is 0 Å². The molecule has 2 aromatic rings. The highest BCUT2D eigenvalue weighted by Crippen LogP contribution is 2.32. The molecule has 2 heterocycles. The van der Waals surface area contributed by atoms with E-state index in [1.54, 1.807) is 13.0 Å². The molecule has 1 atom stereocenters. The number of halogens is 1. The first-order chi connectivity index (χ1) is 18.8. The summed E-state index contributed by atoms with van der Waals surface area (Å²) in [5.41, 5.74) is 1.85. The van der Waals surface area contributed by atoms with Gasteiger partial charge in [0, 0.05) is 37.1 Å². The second kappa shape index (κ2) is 13.7. The normalized spacial score (nSPS) is 21.4. The van der Waals surface area contributed by atoms with Crippen LogP contribution < -0.4 is 15.0 Å². The molecule has 10 heteroatoms. The molecule has 4 rings (SSSR count). The van der Waals surface area contributed by atoms with Crippen LogP contribution in [0, 0.1) is 17.7 Å². The molecule has 2 N–H and O–H groups in total. The summed E-state index contributed by atoms with van der Waals surface area (Å²) in [6, 6.07) is 5.76. The Hall–Kier alpha value is -3.27. The number of carbonyl (C=O) groups excluding carboxylic acids is 2. The summed E-state index contributed by atoms with van der Waals surface area (Å²) in [5, 5.41) is 6.87. The van der Waals surface area contributed by atoms with Crippen molar-refractivity contribution in [2.45, 2.75) is 65.2 Å². The van der Waals surface area contributed by atoms with Gasteiger partial charge in [-0.15, -0.1) is 4.98 Å². The Morgan fingerprint density at radius 1 is 1.23 bits per heavy atom. The van der Waals surface area contributed by atoms with E-state index in [1.165, 1.54) is 11.0 Å². The molecule has 1 unspecified atom stereocenters. The zero-order chi connectivity index (χ0) is 27.8. The number of benzene rings is 1. The van der Waals surface area contributed by atoms with Crippen molar-refractivity contribution < 1.29 is 32.9 Å². The van der Waals surface area contributed by atoms with Crippen molar-refractivity contribution in [2.24, 2.45) is 11.8 Å². The number of ether oxygens (including phenoxy) is 2. The minimum Gasteiger partial charge on any atom is -0.490 e. The van der Waals surface area contributed by atoms with Gasteiger partial charge in [0.25, 0.3) is 0 Å². The highest BCUT2D eigenvalue weighted by molar-refractivity contribution is 5.81. The summed E-state index contributed by atoms with van der Waals surface area (Å²) in [6.45, 7) is 8.68. The molecule has 212 valence electrons. The highest BCUT2D eigenvalue weighted by Gasteiger charge is 2.29. The molecule has 0 radical (unpaired) electrons. The molecular weight excluding hydrogens is 503 g/mol. The SMILES string of the molecule is CCOC(=O)CCNC(=O)C1CC=C(c2ccc(OCC3CC[NH+](c4nc(C(C)C)no4)CC3)c(F)c2)CC1. The van der Waals surface area contributed by atoms with Crippen LogP contribution in [0.1, 0.15) is 76.6 Å². The van der Waals surface area contributed by atoms with Crippen molar-refractivity contribution in [3.05, 3.63) is 41.5 Å². The minimum absolute atomic E-state index is 0.0608. The van der Waals surface area contributed by atoms with E-state index in [1.807, 2.05) is 26.0 Å². The molecule has 9 nitrogen and oxygen atoms in total. The molecule has 39 heavy (non-hydrogen) atoms. The fraction of sp³-hybridized carbons (Fsp3) is 0.586. The van der Waals surface area contributed by atoms with Crippen molar-refractivity contribution in [1.29, 1.82) is 0 Å². The Kier molecular flexibility index (Phi) is 10.1. The van der Waals surface area contributed by atoms with Crippen LogP contribution in [0.5, 0.6) is 5.75 Å². The van der Waals surface area contributed by atoms with E-state index in [2.05, 4.69) is 15.5 Å². The van der Waals surface area contributed by atoms with Crippen molar-refractivity contribution in [1.82, 2.24) is 15.5 Å². The van der Waals surface area contributed by atoms with Crippen LogP contribution in [0.15, 0.2) is 28.8 Å². The molecule has 1 aromatic heterocycles. The predicted octanol–water partition coefficient (Wildman–Crippen LogP) is 3.59. The number of nitrogens with zero attached hydrogens (tertiary/aromatic N) is 2. The van der Waals surface area contributed by atoms with Gasteiger partial charge >= 0.3 is 12.0 Å². The van der Waals surface area contributed by atoms with Gasteiger partial charge in [0.2, 0.25) is 5.91 Å². The van der Waals surface area contributed by atoms with E-state index >= 15 is 0 Å². The first-order valence-electron chi connectivity index (χ1n) is 14.1. The number of piperidine rings is 1. The number of quaternary nitrogens is 1. The third kappa shape index (κ3) is 7.88. The quantitative estimate of drug-likeness (QED) is 0.417. The summed E-state index contributed by atoms with van der Waals surface area (Å²) in [6.07, 6.45) is 6.02. The van der Waals surface area contributed by atoms with Crippen molar-refractivity contribution in [3.8, 4) is 5.75 Å². The van der Waals surface area contributed by atoms with E-state index in [0.29, 0.717) is 44.4 Å². The van der Waals surface area contributed by atoms with E-state index in [-0.39, 0.29) is 48.2 Å². The lowest BCUT2D eigenvalue weighted by Gasteiger charge is -2.26. The molecule has 0 saturated carbocycles. The number of carbonyl (C=O) groups is 2. The maximum Gasteiger partial charge on any atom is 0.425 e. The Bertz CT molecular complexity index is 1160. The Morgan fingerprint density at radius 3 is 2.67 bits per heavy atom. The second-order valence-electron chi connectivity index (χ2n) is 10.7. The van der Waals surface area contributed by atoms with E-state index in [0.717, 1.165) is 42.9 Å². The van der Waals surface area contributed by atoms with E-state index in [4.69, 9.17) is 14.0 Å². The third-order valence-corrected chi connectivity index (χ3v) is 7.46. The molecule has 1 aromatic carbocycles. The van der Waals surface area contributed by atoms with Crippen LogP contribution in [0.2, 0.25) is 0 Å². The van der Waals surface area contributed by atoms with Crippen molar-refractivity contribution >= 4 is 23.5 Å². The van der Waals surface area contributed by atoms with Gasteiger partial charge in [-0.2, -0.15) is 0 Å². The average Bonchev–Trinajstić information content (AvgIpc) is 3.44. The molecular formula is C29H40FN4O5+. The second-order valence-corrected chi connectivity index (χ2v) is 10.7. The third-order valence-electron chi connectivity index (χ3n) is 7.46. The largest absolute Gasteiger partial charge is 0.490 e. The smallest absolute Gasteiger partial charge is 0.425 e. The van der Waals surface area contributed by atoms with Gasteiger partial charge in [-0.3, -0.25) is 19.0 Å². The topological polar surface area (TPSA) is 108 Å². The summed E-state index contributed by atoms with van der Waals surface area (Å²) in [4.78, 5) is 29.5. The summed E-state index contributed by atoms with van der Waals surface area (Å²) in [5.74, 6) is 0.695. The molecule has 1 amide bonds. The van der Waals surface area contributed by atoms with Gasteiger partial charge in [-0.05, 0) is 49.5 Å². The van der Waals surface area contributed by atoms with Crippen LogP contribution in [0.25, 0.3) is 5.57 Å². The molecule has 1 fully saturated rings. The molecule has 1 aliphatic carbocycles. The number of hydrogen-bond acceptors (Lipinski definition) is 7. The standard InChI is InChI=1S/C29H39FN4O5/c1-4-37-26(35)11-14-31-28(36)22-7-5-21(6-8-22)23-9-10-25(24(30)17-23)38-18-20-12-15-34(16-13-20)29-32-27(19(2)3)33-39-29/h5,9-10,17,19-20,22H,4,6-8,11-16,18H2,1-3H3,(H,31,36)/p+1. The minimum atomic E-state index is -0.373. The molecule has 0 bridgehead atoms. The van der Waals surface area contributed by atoms with Crippen molar-refractivity contribution in [3.63, 3.8) is 0 Å². The Balaban J connectivity index is 1.21. The van der Waals surface area contributed by atoms with Crippen molar-refractivity contribution in [2.75, 3.05) is 32.8 Å². The van der Waals surface area contributed by atoms with Gasteiger partial charge in [-0.1, -0.05) is 31.1 Å². The maximum atomic E-state index is 14.9. The number of allylic oxidation sites excluding steroid dienone is 2. The van der Waals surface area contributed by atoms with Crippen LogP contribution in [-0.2, 0) is 14.3 Å². The zero-order valence-corrected chi connectivity index (χ0v) is 23.1.